The fourth-order valence-corrected chi connectivity index (χ4v) is 2.55. The third-order valence-corrected chi connectivity index (χ3v) is 3.74. The summed E-state index contributed by atoms with van der Waals surface area (Å²) in [5.74, 6) is 0.000446. The van der Waals surface area contributed by atoms with E-state index in [2.05, 4.69) is 6.92 Å². The summed E-state index contributed by atoms with van der Waals surface area (Å²) >= 11 is 0. The standard InChI is InChI=1S/C15H20FNO/c1-3-12-5-4-8-17(10-12)15(18)13-7-6-11(2)9-14(13)16/h6-7,9,12H,3-5,8,10H2,1-2H3. The summed E-state index contributed by atoms with van der Waals surface area (Å²) in [5.41, 5.74) is 1.05. The first kappa shape index (κ1) is 13.1. The van der Waals surface area contributed by atoms with Crippen LogP contribution in [0, 0.1) is 18.7 Å². The Labute approximate surface area is 108 Å². The number of hydrogen-bond donors (Lipinski definition) is 0. The summed E-state index contributed by atoms with van der Waals surface area (Å²) in [6, 6.07) is 4.81. The van der Waals surface area contributed by atoms with Crippen LogP contribution in [-0.2, 0) is 0 Å². The normalized spacial score (nSPS) is 19.9. The number of likely N-dealkylation sites (tertiary alicyclic amines) is 1. The second kappa shape index (κ2) is 5.51. The first-order valence-corrected chi connectivity index (χ1v) is 6.67. The fourth-order valence-electron chi connectivity index (χ4n) is 2.55. The Kier molecular flexibility index (Phi) is 4.00. The Morgan fingerprint density at radius 1 is 1.50 bits per heavy atom. The maximum Gasteiger partial charge on any atom is 0.256 e. The molecule has 2 nitrogen and oxygen atoms in total. The average Bonchev–Trinajstić information content (AvgIpc) is 2.38. The van der Waals surface area contributed by atoms with Crippen LogP contribution in [0.3, 0.4) is 0 Å². The maximum atomic E-state index is 13.8. The predicted molar refractivity (Wildman–Crippen MR) is 70.1 cm³/mol. The molecule has 1 aromatic rings. The van der Waals surface area contributed by atoms with Crippen molar-refractivity contribution in [3.8, 4) is 0 Å². The van der Waals surface area contributed by atoms with Crippen LogP contribution in [0.15, 0.2) is 18.2 Å². The lowest BCUT2D eigenvalue weighted by atomic mass is 9.95. The zero-order valence-electron chi connectivity index (χ0n) is 11.1. The van der Waals surface area contributed by atoms with Gasteiger partial charge in [-0.1, -0.05) is 19.4 Å². The number of benzene rings is 1. The van der Waals surface area contributed by atoms with Gasteiger partial charge in [-0.15, -0.1) is 0 Å². The van der Waals surface area contributed by atoms with E-state index in [9.17, 15) is 9.18 Å². The minimum absolute atomic E-state index is 0.161. The second-order valence-corrected chi connectivity index (χ2v) is 5.15. The minimum atomic E-state index is -0.404. The van der Waals surface area contributed by atoms with Gasteiger partial charge in [0.2, 0.25) is 0 Å². The van der Waals surface area contributed by atoms with Gasteiger partial charge < -0.3 is 4.90 Å². The summed E-state index contributed by atoms with van der Waals surface area (Å²) in [7, 11) is 0. The molecule has 0 aliphatic carbocycles. The van der Waals surface area contributed by atoms with Gasteiger partial charge in [-0.05, 0) is 43.4 Å². The molecule has 0 N–H and O–H groups in total. The molecular weight excluding hydrogens is 229 g/mol. The molecule has 3 heteroatoms. The van der Waals surface area contributed by atoms with E-state index >= 15 is 0 Å². The molecule has 1 unspecified atom stereocenters. The van der Waals surface area contributed by atoms with E-state index in [1.165, 1.54) is 12.5 Å². The van der Waals surface area contributed by atoms with Gasteiger partial charge in [-0.25, -0.2) is 4.39 Å². The first-order valence-electron chi connectivity index (χ1n) is 6.67. The SMILES string of the molecule is CCC1CCCN(C(=O)c2ccc(C)cc2F)C1. The number of amides is 1. The fraction of sp³-hybridized carbons (Fsp3) is 0.533. The van der Waals surface area contributed by atoms with Gasteiger partial charge in [-0.3, -0.25) is 4.79 Å². The molecular formula is C15H20FNO. The topological polar surface area (TPSA) is 20.3 Å². The lowest BCUT2D eigenvalue weighted by molar-refractivity contribution is 0.0666. The molecule has 1 saturated heterocycles. The van der Waals surface area contributed by atoms with Crippen molar-refractivity contribution in [3.63, 3.8) is 0 Å². The first-order chi connectivity index (χ1) is 8.61. The van der Waals surface area contributed by atoms with Crippen molar-refractivity contribution in [3.05, 3.63) is 35.1 Å². The van der Waals surface area contributed by atoms with Gasteiger partial charge in [0, 0.05) is 13.1 Å². The van der Waals surface area contributed by atoms with Gasteiger partial charge in [0.15, 0.2) is 0 Å². The Hall–Kier alpha value is -1.38. The van der Waals surface area contributed by atoms with Crippen molar-refractivity contribution in [2.45, 2.75) is 33.1 Å². The highest BCUT2D eigenvalue weighted by Gasteiger charge is 2.25. The van der Waals surface area contributed by atoms with Gasteiger partial charge in [0.1, 0.15) is 5.82 Å². The smallest absolute Gasteiger partial charge is 0.256 e. The molecule has 1 aliphatic rings. The minimum Gasteiger partial charge on any atom is -0.338 e. The summed E-state index contributed by atoms with van der Waals surface area (Å²) in [5, 5.41) is 0. The summed E-state index contributed by atoms with van der Waals surface area (Å²) in [6.07, 6.45) is 3.29. The second-order valence-electron chi connectivity index (χ2n) is 5.15. The number of carbonyl (C=O) groups excluding carboxylic acids is 1. The van der Waals surface area contributed by atoms with E-state index in [0.29, 0.717) is 5.92 Å². The van der Waals surface area contributed by atoms with E-state index < -0.39 is 5.82 Å². The Morgan fingerprint density at radius 2 is 2.28 bits per heavy atom. The van der Waals surface area contributed by atoms with E-state index in [-0.39, 0.29) is 11.5 Å². The highest BCUT2D eigenvalue weighted by molar-refractivity contribution is 5.94. The number of aryl methyl sites for hydroxylation is 1. The molecule has 18 heavy (non-hydrogen) atoms. The zero-order chi connectivity index (χ0) is 13.1. The van der Waals surface area contributed by atoms with Crippen molar-refractivity contribution < 1.29 is 9.18 Å². The van der Waals surface area contributed by atoms with E-state index in [1.54, 1.807) is 17.0 Å². The maximum absolute atomic E-state index is 13.8. The lowest BCUT2D eigenvalue weighted by Crippen LogP contribution is -2.40. The third-order valence-electron chi connectivity index (χ3n) is 3.74. The molecule has 1 atom stereocenters. The van der Waals surface area contributed by atoms with E-state index in [1.807, 2.05) is 6.92 Å². The molecule has 2 rings (SSSR count). The summed E-state index contributed by atoms with van der Waals surface area (Å²) < 4.78 is 13.8. The molecule has 0 radical (unpaired) electrons. The van der Waals surface area contributed by atoms with Crippen LogP contribution in [0.5, 0.6) is 0 Å². The molecule has 98 valence electrons. The van der Waals surface area contributed by atoms with Crippen molar-refractivity contribution in [2.75, 3.05) is 13.1 Å². The number of piperidine rings is 1. The van der Waals surface area contributed by atoms with Crippen molar-refractivity contribution >= 4 is 5.91 Å². The molecule has 1 aromatic carbocycles. The number of rotatable bonds is 2. The Balaban J connectivity index is 2.15. The molecule has 0 saturated carbocycles. The van der Waals surface area contributed by atoms with Gasteiger partial charge in [-0.2, -0.15) is 0 Å². The van der Waals surface area contributed by atoms with Crippen LogP contribution in [0.4, 0.5) is 4.39 Å². The molecule has 0 aromatic heterocycles. The van der Waals surface area contributed by atoms with E-state index in [4.69, 9.17) is 0 Å². The largest absolute Gasteiger partial charge is 0.338 e. The van der Waals surface area contributed by atoms with Crippen molar-refractivity contribution in [1.29, 1.82) is 0 Å². The average molecular weight is 249 g/mol. The predicted octanol–water partition coefficient (Wildman–Crippen LogP) is 3.40. The van der Waals surface area contributed by atoms with Crippen molar-refractivity contribution in [2.24, 2.45) is 5.92 Å². The Bertz CT molecular complexity index is 444. The Morgan fingerprint density at radius 3 is 2.94 bits per heavy atom. The summed E-state index contributed by atoms with van der Waals surface area (Å²) in [6.45, 7) is 5.49. The van der Waals surface area contributed by atoms with Crippen LogP contribution in [-0.4, -0.2) is 23.9 Å². The molecule has 0 bridgehead atoms. The monoisotopic (exact) mass is 249 g/mol. The van der Waals surface area contributed by atoms with Crippen LogP contribution in [0.2, 0.25) is 0 Å². The zero-order valence-corrected chi connectivity index (χ0v) is 11.1. The third kappa shape index (κ3) is 2.71. The van der Waals surface area contributed by atoms with E-state index in [0.717, 1.165) is 31.5 Å². The van der Waals surface area contributed by atoms with Gasteiger partial charge in [0.05, 0.1) is 5.56 Å². The molecule has 1 heterocycles. The van der Waals surface area contributed by atoms with Crippen LogP contribution >= 0.6 is 0 Å². The highest BCUT2D eigenvalue weighted by atomic mass is 19.1. The molecule has 1 aliphatic heterocycles. The van der Waals surface area contributed by atoms with Gasteiger partial charge >= 0.3 is 0 Å². The number of hydrogen-bond acceptors (Lipinski definition) is 1. The van der Waals surface area contributed by atoms with Crippen LogP contribution in [0.25, 0.3) is 0 Å². The number of halogens is 1. The molecule has 0 spiro atoms. The van der Waals surface area contributed by atoms with Crippen LogP contribution in [0.1, 0.15) is 42.1 Å². The highest BCUT2D eigenvalue weighted by Crippen LogP contribution is 2.22. The van der Waals surface area contributed by atoms with Crippen molar-refractivity contribution in [1.82, 2.24) is 4.90 Å². The molecule has 1 amide bonds. The number of nitrogens with zero attached hydrogens (tertiary/aromatic N) is 1. The summed E-state index contributed by atoms with van der Waals surface area (Å²) in [4.78, 5) is 14.1. The van der Waals surface area contributed by atoms with Gasteiger partial charge in [0.25, 0.3) is 5.91 Å². The number of carbonyl (C=O) groups is 1. The molecule has 1 fully saturated rings. The van der Waals surface area contributed by atoms with Crippen LogP contribution < -0.4 is 0 Å². The quantitative estimate of drug-likeness (QED) is 0.786. The lowest BCUT2D eigenvalue weighted by Gasteiger charge is -2.32.